The van der Waals surface area contributed by atoms with Gasteiger partial charge >= 0.3 is 0 Å². The summed E-state index contributed by atoms with van der Waals surface area (Å²) in [6, 6.07) is 0. The predicted molar refractivity (Wildman–Crippen MR) is 73.7 cm³/mol. The van der Waals surface area contributed by atoms with Gasteiger partial charge in [-0.2, -0.15) is 0 Å². The average Bonchev–Trinajstić information content (AvgIpc) is 2.41. The molecule has 0 radical (unpaired) electrons. The lowest BCUT2D eigenvalue weighted by atomic mass is 10.3. The van der Waals surface area contributed by atoms with Crippen molar-refractivity contribution in [1.82, 2.24) is 20.2 Å². The molecule has 1 fully saturated rings. The minimum absolute atomic E-state index is 0.775. The van der Waals surface area contributed by atoms with Crippen LogP contribution in [-0.4, -0.2) is 54.6 Å². The van der Waals surface area contributed by atoms with Gasteiger partial charge in [0, 0.05) is 32.7 Å². The number of nitrogens with zero attached hydrogens (tertiary/aromatic N) is 4. The van der Waals surface area contributed by atoms with Crippen molar-refractivity contribution in [3.05, 3.63) is 18.1 Å². The summed E-state index contributed by atoms with van der Waals surface area (Å²) in [6.45, 7) is 8.60. The molecule has 0 aromatic carbocycles. The molecule has 0 unspecified atom stereocenters. The highest BCUT2D eigenvalue weighted by atomic mass is 15.3. The Kier molecular flexibility index (Phi) is 4.90. The van der Waals surface area contributed by atoms with E-state index in [9.17, 15) is 0 Å². The number of nitrogens with one attached hydrogen (secondary N) is 1. The van der Waals surface area contributed by atoms with Gasteiger partial charge in [-0.05, 0) is 20.0 Å². The second kappa shape index (κ2) is 6.66. The van der Waals surface area contributed by atoms with Crippen LogP contribution in [0.5, 0.6) is 0 Å². The summed E-state index contributed by atoms with van der Waals surface area (Å²) in [5.41, 5.74) is 0.992. The molecule has 0 spiro atoms. The molecule has 1 aliphatic rings. The van der Waals surface area contributed by atoms with Crippen LogP contribution in [0.1, 0.15) is 19.0 Å². The molecule has 5 heteroatoms. The molecule has 1 saturated heterocycles. The smallest absolute Gasteiger partial charge is 0.147 e. The van der Waals surface area contributed by atoms with E-state index in [-0.39, 0.29) is 0 Å². The zero-order chi connectivity index (χ0) is 12.8. The second-order valence-electron chi connectivity index (χ2n) is 4.72. The monoisotopic (exact) mass is 249 g/mol. The molecule has 2 heterocycles. The molecule has 0 saturated carbocycles. The molecular weight excluding hydrogens is 226 g/mol. The Morgan fingerprint density at radius 2 is 1.94 bits per heavy atom. The topological polar surface area (TPSA) is 44.3 Å². The maximum absolute atomic E-state index is 4.50. The van der Waals surface area contributed by atoms with E-state index in [1.807, 2.05) is 19.4 Å². The van der Waals surface area contributed by atoms with Crippen molar-refractivity contribution in [1.29, 1.82) is 0 Å². The lowest BCUT2D eigenvalue weighted by Gasteiger charge is -2.35. The summed E-state index contributed by atoms with van der Waals surface area (Å²) < 4.78 is 0. The van der Waals surface area contributed by atoms with Crippen molar-refractivity contribution in [2.45, 2.75) is 19.9 Å². The summed E-state index contributed by atoms with van der Waals surface area (Å²) in [7, 11) is 1.92. The van der Waals surface area contributed by atoms with E-state index in [0.717, 1.165) is 44.2 Å². The van der Waals surface area contributed by atoms with Gasteiger partial charge in [-0.1, -0.05) is 6.92 Å². The lowest BCUT2D eigenvalue weighted by molar-refractivity contribution is 0.258. The van der Waals surface area contributed by atoms with Crippen molar-refractivity contribution in [2.24, 2.45) is 0 Å². The maximum Gasteiger partial charge on any atom is 0.147 e. The fourth-order valence-electron chi connectivity index (χ4n) is 2.30. The summed E-state index contributed by atoms with van der Waals surface area (Å²) >= 11 is 0. The molecule has 100 valence electrons. The van der Waals surface area contributed by atoms with Gasteiger partial charge in [0.25, 0.3) is 0 Å². The van der Waals surface area contributed by atoms with Crippen LogP contribution in [0, 0.1) is 0 Å². The number of piperazine rings is 1. The largest absolute Gasteiger partial charge is 0.353 e. The molecule has 0 atom stereocenters. The first-order valence-electron chi connectivity index (χ1n) is 6.76. The summed E-state index contributed by atoms with van der Waals surface area (Å²) in [5, 5.41) is 3.08. The van der Waals surface area contributed by atoms with Crippen LogP contribution in [0.2, 0.25) is 0 Å². The SMILES string of the molecule is CCCN1CCN(c2cnc(CNC)cn2)CC1. The predicted octanol–water partition coefficient (Wildman–Crippen LogP) is 0.728. The van der Waals surface area contributed by atoms with Crippen LogP contribution >= 0.6 is 0 Å². The molecule has 5 nitrogen and oxygen atoms in total. The van der Waals surface area contributed by atoms with Gasteiger partial charge in [-0.25, -0.2) is 4.98 Å². The molecule has 0 amide bonds. The molecule has 1 aliphatic heterocycles. The molecule has 1 N–H and O–H groups in total. The molecule has 0 bridgehead atoms. The van der Waals surface area contributed by atoms with E-state index in [2.05, 4.69) is 32.0 Å². The Bertz CT molecular complexity index is 343. The van der Waals surface area contributed by atoms with Crippen molar-refractivity contribution >= 4 is 5.82 Å². The zero-order valence-electron chi connectivity index (χ0n) is 11.4. The Hall–Kier alpha value is -1.20. The van der Waals surface area contributed by atoms with Crippen LogP contribution in [-0.2, 0) is 6.54 Å². The third-order valence-electron chi connectivity index (χ3n) is 3.29. The van der Waals surface area contributed by atoms with E-state index in [1.165, 1.54) is 13.0 Å². The van der Waals surface area contributed by atoms with Crippen molar-refractivity contribution in [2.75, 3.05) is 44.7 Å². The first-order chi connectivity index (χ1) is 8.83. The van der Waals surface area contributed by atoms with Gasteiger partial charge in [-0.15, -0.1) is 0 Å². The van der Waals surface area contributed by atoms with Crippen LogP contribution in [0.4, 0.5) is 5.82 Å². The summed E-state index contributed by atoms with van der Waals surface area (Å²) in [4.78, 5) is 13.8. The zero-order valence-corrected chi connectivity index (χ0v) is 11.4. The number of hydrogen-bond donors (Lipinski definition) is 1. The van der Waals surface area contributed by atoms with Gasteiger partial charge in [0.1, 0.15) is 5.82 Å². The van der Waals surface area contributed by atoms with Gasteiger partial charge in [0.05, 0.1) is 18.1 Å². The summed E-state index contributed by atoms with van der Waals surface area (Å²) in [6.07, 6.45) is 4.99. The van der Waals surface area contributed by atoms with E-state index in [4.69, 9.17) is 0 Å². The number of hydrogen-bond acceptors (Lipinski definition) is 5. The van der Waals surface area contributed by atoms with E-state index >= 15 is 0 Å². The van der Waals surface area contributed by atoms with E-state index in [1.54, 1.807) is 0 Å². The normalized spacial score (nSPS) is 17.1. The van der Waals surface area contributed by atoms with Gasteiger partial charge < -0.3 is 10.2 Å². The van der Waals surface area contributed by atoms with E-state index in [0.29, 0.717) is 0 Å². The number of rotatable bonds is 5. The molecule has 1 aromatic heterocycles. The average molecular weight is 249 g/mol. The first-order valence-corrected chi connectivity index (χ1v) is 6.76. The minimum Gasteiger partial charge on any atom is -0.353 e. The third-order valence-corrected chi connectivity index (χ3v) is 3.29. The highest BCUT2D eigenvalue weighted by Gasteiger charge is 2.17. The molecule has 1 aromatic rings. The Morgan fingerprint density at radius 3 is 2.50 bits per heavy atom. The van der Waals surface area contributed by atoms with Crippen LogP contribution in [0.3, 0.4) is 0 Å². The second-order valence-corrected chi connectivity index (χ2v) is 4.72. The highest BCUT2D eigenvalue weighted by molar-refractivity contribution is 5.36. The maximum atomic E-state index is 4.50. The third kappa shape index (κ3) is 3.40. The molecule has 18 heavy (non-hydrogen) atoms. The number of aromatic nitrogens is 2. The Morgan fingerprint density at radius 1 is 1.17 bits per heavy atom. The Labute approximate surface area is 109 Å². The van der Waals surface area contributed by atoms with Gasteiger partial charge in [0.2, 0.25) is 0 Å². The Balaban J connectivity index is 1.89. The lowest BCUT2D eigenvalue weighted by Crippen LogP contribution is -2.46. The van der Waals surface area contributed by atoms with Crippen molar-refractivity contribution in [3.63, 3.8) is 0 Å². The number of anilines is 1. The minimum atomic E-state index is 0.775. The van der Waals surface area contributed by atoms with Crippen LogP contribution in [0.15, 0.2) is 12.4 Å². The quantitative estimate of drug-likeness (QED) is 0.833. The molecular formula is C13H23N5. The molecule has 2 rings (SSSR count). The summed E-state index contributed by atoms with van der Waals surface area (Å²) in [5.74, 6) is 1.01. The van der Waals surface area contributed by atoms with Crippen molar-refractivity contribution < 1.29 is 0 Å². The van der Waals surface area contributed by atoms with E-state index < -0.39 is 0 Å². The van der Waals surface area contributed by atoms with Crippen molar-refractivity contribution in [3.8, 4) is 0 Å². The van der Waals surface area contributed by atoms with Crippen LogP contribution < -0.4 is 10.2 Å². The fourth-order valence-corrected chi connectivity index (χ4v) is 2.30. The van der Waals surface area contributed by atoms with Gasteiger partial charge in [0.15, 0.2) is 0 Å². The standard InChI is InChI=1S/C13H23N5/c1-3-4-17-5-7-18(8-6-17)13-11-15-12(9-14-2)10-16-13/h10-11,14H,3-9H2,1-2H3. The first kappa shape index (κ1) is 13.2. The van der Waals surface area contributed by atoms with Crippen LogP contribution in [0.25, 0.3) is 0 Å². The highest BCUT2D eigenvalue weighted by Crippen LogP contribution is 2.12. The fraction of sp³-hybridized carbons (Fsp3) is 0.692. The molecule has 0 aliphatic carbocycles. The van der Waals surface area contributed by atoms with Gasteiger partial charge in [-0.3, -0.25) is 9.88 Å².